The van der Waals surface area contributed by atoms with Gasteiger partial charge in [-0.25, -0.2) is 0 Å². The first-order valence-electron chi connectivity index (χ1n) is 4.89. The molecule has 0 bridgehead atoms. The number of rotatable bonds is 4. The molecule has 4 nitrogen and oxygen atoms in total. The minimum atomic E-state index is -0.837. The summed E-state index contributed by atoms with van der Waals surface area (Å²) in [6.45, 7) is 3.66. The number of hydrogen-bond donors (Lipinski definition) is 1. The van der Waals surface area contributed by atoms with E-state index in [4.69, 9.17) is 5.11 Å². The van der Waals surface area contributed by atoms with Crippen LogP contribution in [-0.2, 0) is 6.42 Å². The zero-order valence-corrected chi connectivity index (χ0v) is 9.24. The van der Waals surface area contributed by atoms with Crippen LogP contribution in [0.5, 0.6) is 0 Å². The molecule has 0 unspecified atom stereocenters. The minimum Gasteiger partial charge on any atom is -0.396 e. The van der Waals surface area contributed by atoms with Gasteiger partial charge in [0.15, 0.2) is 0 Å². The first-order chi connectivity index (χ1) is 7.35. The van der Waals surface area contributed by atoms with E-state index >= 15 is 0 Å². The highest BCUT2D eigenvalue weighted by Crippen LogP contribution is 2.24. The molecule has 0 heterocycles. The predicted octanol–water partition coefficient (Wildman–Crippen LogP) is 2.29. The predicted molar refractivity (Wildman–Crippen MR) is 57.6 cm³/mol. The Balaban J connectivity index is 2.94. The topological polar surface area (TPSA) is 63.4 Å². The Morgan fingerprint density at radius 2 is 2.12 bits per heavy atom. The molecule has 0 saturated carbocycles. The van der Waals surface area contributed by atoms with E-state index in [0.717, 1.165) is 12.1 Å². The molecule has 0 aliphatic heterocycles. The largest absolute Gasteiger partial charge is 0.396 e. The third-order valence-corrected chi connectivity index (χ3v) is 2.32. The van der Waals surface area contributed by atoms with Crippen LogP contribution in [0.4, 0.5) is 10.1 Å². The van der Waals surface area contributed by atoms with Crippen molar-refractivity contribution in [3.05, 3.63) is 39.7 Å². The standard InChI is InChI=1S/C11H14FNO3/c1-11(2,7-14)6-8-3-4-10(13(15)16)9(12)5-8/h3-5,14H,6-7H2,1-2H3. The lowest BCUT2D eigenvalue weighted by Crippen LogP contribution is -2.19. The van der Waals surface area contributed by atoms with Gasteiger partial charge in [0, 0.05) is 12.7 Å². The van der Waals surface area contributed by atoms with E-state index in [1.807, 2.05) is 13.8 Å². The molecule has 5 heteroatoms. The summed E-state index contributed by atoms with van der Waals surface area (Å²) in [7, 11) is 0. The molecule has 0 aliphatic carbocycles. The maximum absolute atomic E-state index is 13.3. The van der Waals surface area contributed by atoms with Gasteiger partial charge >= 0.3 is 5.69 Å². The van der Waals surface area contributed by atoms with E-state index in [1.54, 1.807) is 0 Å². The van der Waals surface area contributed by atoms with E-state index in [2.05, 4.69) is 0 Å². The maximum atomic E-state index is 13.3. The molecule has 88 valence electrons. The van der Waals surface area contributed by atoms with Crippen LogP contribution < -0.4 is 0 Å². The van der Waals surface area contributed by atoms with Crippen LogP contribution in [0.15, 0.2) is 18.2 Å². The molecular formula is C11H14FNO3. The van der Waals surface area contributed by atoms with E-state index in [0.29, 0.717) is 12.0 Å². The van der Waals surface area contributed by atoms with Gasteiger partial charge in [-0.3, -0.25) is 10.1 Å². The highest BCUT2D eigenvalue weighted by atomic mass is 19.1. The van der Waals surface area contributed by atoms with Gasteiger partial charge in [0.1, 0.15) is 0 Å². The Hall–Kier alpha value is -1.49. The number of aliphatic hydroxyl groups excluding tert-OH is 1. The molecule has 0 aliphatic rings. The van der Waals surface area contributed by atoms with Crippen LogP contribution in [0, 0.1) is 21.3 Å². The average Bonchev–Trinajstić information content (AvgIpc) is 2.16. The van der Waals surface area contributed by atoms with Crippen LogP contribution in [0.2, 0.25) is 0 Å². The van der Waals surface area contributed by atoms with Crippen LogP contribution in [0.25, 0.3) is 0 Å². The number of hydrogen-bond acceptors (Lipinski definition) is 3. The fourth-order valence-corrected chi connectivity index (χ4v) is 1.42. The summed E-state index contributed by atoms with van der Waals surface area (Å²) in [6, 6.07) is 3.81. The highest BCUT2D eigenvalue weighted by Gasteiger charge is 2.20. The van der Waals surface area contributed by atoms with Gasteiger partial charge in [-0.1, -0.05) is 19.9 Å². The normalized spacial score (nSPS) is 11.5. The number of halogens is 1. The van der Waals surface area contributed by atoms with E-state index < -0.39 is 16.4 Å². The summed E-state index contributed by atoms with van der Waals surface area (Å²) in [5.41, 5.74) is -0.240. The second kappa shape index (κ2) is 4.57. The lowest BCUT2D eigenvalue weighted by atomic mass is 9.87. The Bertz CT molecular complexity index is 404. The molecule has 16 heavy (non-hydrogen) atoms. The van der Waals surface area contributed by atoms with E-state index in [9.17, 15) is 14.5 Å². The lowest BCUT2D eigenvalue weighted by Gasteiger charge is -2.21. The molecule has 0 atom stereocenters. The summed E-state index contributed by atoms with van der Waals surface area (Å²) in [5.74, 6) is -0.837. The summed E-state index contributed by atoms with van der Waals surface area (Å²) in [6.07, 6.45) is 0.471. The Morgan fingerprint density at radius 1 is 1.50 bits per heavy atom. The quantitative estimate of drug-likeness (QED) is 0.634. The molecule has 0 radical (unpaired) electrons. The Kier molecular flexibility index (Phi) is 3.59. The van der Waals surface area contributed by atoms with Gasteiger partial charge in [0.05, 0.1) is 4.92 Å². The third-order valence-electron chi connectivity index (χ3n) is 2.32. The molecular weight excluding hydrogens is 213 g/mol. The van der Waals surface area contributed by atoms with Crippen molar-refractivity contribution in [2.24, 2.45) is 5.41 Å². The van der Waals surface area contributed by atoms with Crippen molar-refractivity contribution in [1.82, 2.24) is 0 Å². The molecule has 1 N–H and O–H groups in total. The van der Waals surface area contributed by atoms with Crippen molar-refractivity contribution in [3.8, 4) is 0 Å². The second-order valence-corrected chi connectivity index (χ2v) is 4.54. The number of nitro benzene ring substituents is 1. The molecule has 0 fully saturated rings. The second-order valence-electron chi connectivity index (χ2n) is 4.54. The third kappa shape index (κ3) is 3.00. The van der Waals surface area contributed by atoms with Gasteiger partial charge < -0.3 is 5.11 Å². The number of aliphatic hydroxyl groups is 1. The van der Waals surface area contributed by atoms with Gasteiger partial charge in [-0.15, -0.1) is 0 Å². The van der Waals surface area contributed by atoms with Crippen LogP contribution in [0.3, 0.4) is 0 Å². The smallest absolute Gasteiger partial charge is 0.304 e. The van der Waals surface area contributed by atoms with Crippen molar-refractivity contribution in [1.29, 1.82) is 0 Å². The van der Waals surface area contributed by atoms with E-state index in [1.165, 1.54) is 6.07 Å². The van der Waals surface area contributed by atoms with Crippen molar-refractivity contribution < 1.29 is 14.4 Å². The molecule has 0 saturated heterocycles. The van der Waals surface area contributed by atoms with Crippen LogP contribution in [-0.4, -0.2) is 16.6 Å². The summed E-state index contributed by atoms with van der Waals surface area (Å²) in [4.78, 5) is 9.65. The fraction of sp³-hybridized carbons (Fsp3) is 0.455. The summed E-state index contributed by atoms with van der Waals surface area (Å²) < 4.78 is 13.3. The number of nitro groups is 1. The molecule has 0 aromatic heterocycles. The number of benzene rings is 1. The molecule has 1 rings (SSSR count). The molecule has 1 aromatic rings. The van der Waals surface area contributed by atoms with Crippen LogP contribution >= 0.6 is 0 Å². The molecule has 0 amide bonds. The fourth-order valence-electron chi connectivity index (χ4n) is 1.42. The highest BCUT2D eigenvalue weighted by molar-refractivity contribution is 5.35. The monoisotopic (exact) mass is 227 g/mol. The zero-order valence-electron chi connectivity index (χ0n) is 9.24. The summed E-state index contributed by atoms with van der Waals surface area (Å²) >= 11 is 0. The zero-order chi connectivity index (χ0) is 12.3. The Labute approximate surface area is 92.9 Å². The first kappa shape index (κ1) is 12.6. The minimum absolute atomic E-state index is 0.0222. The van der Waals surface area contributed by atoms with Gasteiger partial charge in [0.2, 0.25) is 5.82 Å². The van der Waals surface area contributed by atoms with E-state index in [-0.39, 0.29) is 12.0 Å². The van der Waals surface area contributed by atoms with Crippen molar-refractivity contribution in [2.45, 2.75) is 20.3 Å². The van der Waals surface area contributed by atoms with Gasteiger partial charge in [0.25, 0.3) is 0 Å². The summed E-state index contributed by atoms with van der Waals surface area (Å²) in [5, 5.41) is 19.5. The van der Waals surface area contributed by atoms with Crippen molar-refractivity contribution in [3.63, 3.8) is 0 Å². The van der Waals surface area contributed by atoms with Crippen molar-refractivity contribution in [2.75, 3.05) is 6.61 Å². The lowest BCUT2D eigenvalue weighted by molar-refractivity contribution is -0.387. The van der Waals surface area contributed by atoms with Gasteiger partial charge in [-0.05, 0) is 23.5 Å². The number of nitrogens with zero attached hydrogens (tertiary/aromatic N) is 1. The van der Waals surface area contributed by atoms with Crippen LogP contribution in [0.1, 0.15) is 19.4 Å². The SMILES string of the molecule is CC(C)(CO)Cc1ccc([N+](=O)[O-])c(F)c1. The molecule has 1 aromatic carbocycles. The van der Waals surface area contributed by atoms with Gasteiger partial charge in [-0.2, -0.15) is 4.39 Å². The average molecular weight is 227 g/mol. The Morgan fingerprint density at radius 3 is 2.56 bits per heavy atom. The first-order valence-corrected chi connectivity index (χ1v) is 4.89. The van der Waals surface area contributed by atoms with Crippen molar-refractivity contribution >= 4 is 5.69 Å². The molecule has 0 spiro atoms. The maximum Gasteiger partial charge on any atom is 0.304 e.